The fraction of sp³-hybridized carbons (Fsp3) is 0.571. The number of ether oxygens (including phenoxy) is 3. The van der Waals surface area contributed by atoms with Crippen molar-refractivity contribution in [1.82, 2.24) is 19.8 Å². The molecule has 9 heteroatoms. The van der Waals surface area contributed by atoms with Gasteiger partial charge in [0.15, 0.2) is 11.5 Å². The largest absolute Gasteiger partial charge is 0.493 e. The van der Waals surface area contributed by atoms with E-state index < -0.39 is 0 Å². The van der Waals surface area contributed by atoms with Crippen molar-refractivity contribution < 1.29 is 19.0 Å². The lowest BCUT2D eigenvalue weighted by molar-refractivity contribution is -0.141. The summed E-state index contributed by atoms with van der Waals surface area (Å²) in [5, 5.41) is 0.732. The molecule has 1 unspecified atom stereocenters. The van der Waals surface area contributed by atoms with Crippen LogP contribution in [-0.2, 0) is 16.1 Å². The van der Waals surface area contributed by atoms with Gasteiger partial charge in [-0.2, -0.15) is 0 Å². The number of methoxy groups -OCH3 is 2. The number of likely N-dealkylation sites (tertiary alicyclic amines) is 1. The molecule has 1 aromatic carbocycles. The van der Waals surface area contributed by atoms with Crippen LogP contribution in [0.5, 0.6) is 11.5 Å². The number of carbonyl (C=O) groups excluding carboxylic acids is 1. The topological polar surface area (TPSA) is 103 Å². The summed E-state index contributed by atoms with van der Waals surface area (Å²) in [5.41, 5.74) is 6.93. The van der Waals surface area contributed by atoms with Gasteiger partial charge in [0.2, 0.25) is 5.91 Å². The minimum absolute atomic E-state index is 0.0130. The first-order valence-corrected chi connectivity index (χ1v) is 10.4. The maximum Gasteiger partial charge on any atom is 0.227 e. The Morgan fingerprint density at radius 3 is 2.63 bits per heavy atom. The number of hydrogen-bond donors (Lipinski definition) is 1. The molecule has 3 heterocycles. The van der Waals surface area contributed by atoms with Crippen LogP contribution in [0, 0.1) is 5.92 Å². The van der Waals surface area contributed by atoms with Crippen molar-refractivity contribution >= 4 is 22.6 Å². The first kappa shape index (κ1) is 20.6. The fourth-order valence-electron chi connectivity index (χ4n) is 4.24. The SMILES string of the molecule is COc1cc2nc(CN3CCCC(C(=O)N4CCOCC4)C3)nc(N)c2cc1OC. The minimum Gasteiger partial charge on any atom is -0.493 e. The number of nitrogens with zero attached hydrogens (tertiary/aromatic N) is 4. The Kier molecular flexibility index (Phi) is 6.19. The van der Waals surface area contributed by atoms with E-state index in [1.54, 1.807) is 20.3 Å². The first-order chi connectivity index (χ1) is 14.6. The molecule has 1 aromatic heterocycles. The zero-order valence-corrected chi connectivity index (χ0v) is 17.6. The molecule has 1 atom stereocenters. The quantitative estimate of drug-likeness (QED) is 0.780. The van der Waals surface area contributed by atoms with Gasteiger partial charge in [0, 0.05) is 31.1 Å². The molecule has 9 nitrogen and oxygen atoms in total. The highest BCUT2D eigenvalue weighted by Gasteiger charge is 2.30. The lowest BCUT2D eigenvalue weighted by Gasteiger charge is -2.36. The van der Waals surface area contributed by atoms with Crippen LogP contribution in [0.15, 0.2) is 12.1 Å². The number of hydrogen-bond acceptors (Lipinski definition) is 8. The monoisotopic (exact) mass is 415 g/mol. The third-order valence-electron chi connectivity index (χ3n) is 5.82. The molecule has 0 radical (unpaired) electrons. The summed E-state index contributed by atoms with van der Waals surface area (Å²) in [5.74, 6) is 2.50. The van der Waals surface area contributed by atoms with Crippen LogP contribution in [0.4, 0.5) is 5.82 Å². The van der Waals surface area contributed by atoms with E-state index in [2.05, 4.69) is 9.88 Å². The molecule has 30 heavy (non-hydrogen) atoms. The second-order valence-corrected chi connectivity index (χ2v) is 7.76. The molecule has 162 valence electrons. The van der Waals surface area contributed by atoms with Crippen LogP contribution < -0.4 is 15.2 Å². The molecule has 1 amide bonds. The molecule has 0 aliphatic carbocycles. The van der Waals surface area contributed by atoms with Gasteiger partial charge >= 0.3 is 0 Å². The van der Waals surface area contributed by atoms with E-state index in [0.29, 0.717) is 68.1 Å². The average Bonchev–Trinajstić information content (AvgIpc) is 2.78. The van der Waals surface area contributed by atoms with Crippen LogP contribution in [0.1, 0.15) is 18.7 Å². The van der Waals surface area contributed by atoms with Crippen molar-refractivity contribution in [1.29, 1.82) is 0 Å². The van der Waals surface area contributed by atoms with Gasteiger partial charge in [-0.05, 0) is 25.5 Å². The van der Waals surface area contributed by atoms with E-state index >= 15 is 0 Å². The van der Waals surface area contributed by atoms with Gasteiger partial charge in [-0.1, -0.05) is 0 Å². The maximum atomic E-state index is 12.9. The lowest BCUT2D eigenvalue weighted by atomic mass is 9.96. The van der Waals surface area contributed by atoms with Crippen LogP contribution in [0.25, 0.3) is 10.9 Å². The van der Waals surface area contributed by atoms with Gasteiger partial charge in [0.1, 0.15) is 11.6 Å². The standard InChI is InChI=1S/C21H29N5O4/c1-28-17-10-15-16(11-18(17)29-2)23-19(24-20(15)22)13-25-5-3-4-14(12-25)21(27)26-6-8-30-9-7-26/h10-11,14H,3-9,12-13H2,1-2H3,(H2,22,23,24). The van der Waals surface area contributed by atoms with Crippen LogP contribution >= 0.6 is 0 Å². The van der Waals surface area contributed by atoms with Gasteiger partial charge in [-0.25, -0.2) is 9.97 Å². The molecule has 2 N–H and O–H groups in total. The molecule has 2 aromatic rings. The van der Waals surface area contributed by atoms with Crippen molar-refractivity contribution in [3.8, 4) is 11.5 Å². The number of anilines is 1. The number of morpholine rings is 1. The molecule has 2 fully saturated rings. The number of nitrogens with two attached hydrogens (primary N) is 1. The first-order valence-electron chi connectivity index (χ1n) is 10.4. The summed E-state index contributed by atoms with van der Waals surface area (Å²) in [4.78, 5) is 26.3. The Bertz CT molecular complexity index is 916. The Hall–Kier alpha value is -2.65. The van der Waals surface area contributed by atoms with Gasteiger partial charge in [0.05, 0.1) is 45.4 Å². The summed E-state index contributed by atoms with van der Waals surface area (Å²) < 4.78 is 16.1. The zero-order valence-electron chi connectivity index (χ0n) is 17.6. The summed E-state index contributed by atoms with van der Waals surface area (Å²) in [7, 11) is 3.18. The molecule has 0 bridgehead atoms. The summed E-state index contributed by atoms with van der Waals surface area (Å²) >= 11 is 0. The molecule has 2 saturated heterocycles. The Morgan fingerprint density at radius 1 is 1.17 bits per heavy atom. The second-order valence-electron chi connectivity index (χ2n) is 7.76. The van der Waals surface area contributed by atoms with Gasteiger partial charge < -0.3 is 24.8 Å². The maximum absolute atomic E-state index is 12.9. The number of rotatable bonds is 5. The molecular weight excluding hydrogens is 386 g/mol. The summed E-state index contributed by atoms with van der Waals surface area (Å²) in [6.07, 6.45) is 1.90. The molecule has 0 spiro atoms. The predicted octanol–water partition coefficient (Wildman–Crippen LogP) is 1.30. The normalized spacial score (nSPS) is 20.3. The van der Waals surface area contributed by atoms with E-state index in [1.807, 2.05) is 11.0 Å². The molecule has 4 rings (SSSR count). The van der Waals surface area contributed by atoms with Crippen molar-refractivity contribution in [2.24, 2.45) is 5.92 Å². The van der Waals surface area contributed by atoms with E-state index in [4.69, 9.17) is 24.9 Å². The lowest BCUT2D eigenvalue weighted by Crippen LogP contribution is -2.48. The highest BCUT2D eigenvalue weighted by molar-refractivity contribution is 5.90. The van der Waals surface area contributed by atoms with Crippen LogP contribution in [0.3, 0.4) is 0 Å². The highest BCUT2D eigenvalue weighted by Crippen LogP contribution is 2.33. The third-order valence-corrected chi connectivity index (χ3v) is 5.82. The van der Waals surface area contributed by atoms with Crippen LogP contribution in [-0.4, -0.2) is 79.3 Å². The minimum atomic E-state index is 0.0130. The van der Waals surface area contributed by atoms with E-state index in [0.717, 1.165) is 24.8 Å². The Labute approximate surface area is 176 Å². The Balaban J connectivity index is 1.49. The van der Waals surface area contributed by atoms with Crippen molar-refractivity contribution in [2.45, 2.75) is 19.4 Å². The molecule has 2 aliphatic rings. The second kappa shape index (κ2) is 9.01. The summed E-state index contributed by atoms with van der Waals surface area (Å²) in [6.45, 7) is 4.81. The molecule has 2 aliphatic heterocycles. The number of amides is 1. The smallest absolute Gasteiger partial charge is 0.227 e. The predicted molar refractivity (Wildman–Crippen MR) is 112 cm³/mol. The Morgan fingerprint density at radius 2 is 1.90 bits per heavy atom. The molecular formula is C21H29N5O4. The third kappa shape index (κ3) is 4.27. The van der Waals surface area contributed by atoms with Gasteiger partial charge in [0.25, 0.3) is 0 Å². The summed E-state index contributed by atoms with van der Waals surface area (Å²) in [6, 6.07) is 3.61. The number of fused-ring (bicyclic) bond motifs is 1. The highest BCUT2D eigenvalue weighted by atomic mass is 16.5. The van der Waals surface area contributed by atoms with E-state index in [1.165, 1.54) is 0 Å². The number of benzene rings is 1. The van der Waals surface area contributed by atoms with E-state index in [-0.39, 0.29) is 11.8 Å². The van der Waals surface area contributed by atoms with E-state index in [9.17, 15) is 4.79 Å². The van der Waals surface area contributed by atoms with Gasteiger partial charge in [-0.3, -0.25) is 9.69 Å². The van der Waals surface area contributed by atoms with Crippen molar-refractivity contribution in [3.63, 3.8) is 0 Å². The van der Waals surface area contributed by atoms with Crippen molar-refractivity contribution in [3.05, 3.63) is 18.0 Å². The number of piperidine rings is 1. The molecule has 0 saturated carbocycles. The number of nitrogen functional groups attached to an aromatic ring is 1. The number of carbonyl (C=O) groups is 1. The van der Waals surface area contributed by atoms with Gasteiger partial charge in [-0.15, -0.1) is 0 Å². The average molecular weight is 415 g/mol. The van der Waals surface area contributed by atoms with Crippen LogP contribution in [0.2, 0.25) is 0 Å². The number of aromatic nitrogens is 2. The van der Waals surface area contributed by atoms with Crippen molar-refractivity contribution in [2.75, 3.05) is 59.3 Å². The zero-order chi connectivity index (χ0) is 21.1. The fourth-order valence-corrected chi connectivity index (χ4v) is 4.24.